The second-order valence-electron chi connectivity index (χ2n) is 5.95. The molecule has 1 aliphatic heterocycles. The number of anilines is 1. The average Bonchev–Trinajstić information content (AvgIpc) is 2.78. The minimum Gasteiger partial charge on any atom is -0.466 e. The number of carbonyl (C=O) groups is 3. The summed E-state index contributed by atoms with van der Waals surface area (Å²) in [7, 11) is 0. The number of hydrogen-bond donors (Lipinski definition) is 1. The molecule has 0 bridgehead atoms. The van der Waals surface area contributed by atoms with Crippen molar-refractivity contribution < 1.29 is 23.9 Å². The van der Waals surface area contributed by atoms with Crippen molar-refractivity contribution in [3.63, 3.8) is 0 Å². The molecule has 3 rings (SSSR count). The Hall–Kier alpha value is -3.22. The third-order valence-corrected chi connectivity index (χ3v) is 4.18. The predicted octanol–water partition coefficient (Wildman–Crippen LogP) is 3.00. The molecule has 0 unspecified atom stereocenters. The number of esters is 2. The van der Waals surface area contributed by atoms with Crippen LogP contribution in [-0.2, 0) is 23.9 Å². The lowest BCUT2D eigenvalue weighted by Gasteiger charge is -2.16. The zero-order valence-electron chi connectivity index (χ0n) is 15.2. The number of rotatable bonds is 6. The number of ether oxygens (including phenoxy) is 2. The lowest BCUT2D eigenvalue weighted by atomic mass is 9.98. The molecule has 7 nitrogen and oxygen atoms in total. The maximum absolute atomic E-state index is 12.8. The fourth-order valence-electron chi connectivity index (χ4n) is 3.04. The van der Waals surface area contributed by atoms with Gasteiger partial charge < -0.3 is 14.8 Å². The predicted molar refractivity (Wildman–Crippen MR) is 101 cm³/mol. The van der Waals surface area contributed by atoms with Crippen molar-refractivity contribution >= 4 is 45.7 Å². The Balaban J connectivity index is 2.08. The maximum atomic E-state index is 12.8. The van der Waals surface area contributed by atoms with Crippen LogP contribution in [0.3, 0.4) is 0 Å². The van der Waals surface area contributed by atoms with Crippen LogP contribution in [0.5, 0.6) is 0 Å². The van der Waals surface area contributed by atoms with Gasteiger partial charge in [-0.25, -0.2) is 4.99 Å². The number of aliphatic imine (C=N–C) groups is 1. The van der Waals surface area contributed by atoms with Crippen LogP contribution in [0.25, 0.3) is 10.8 Å². The van der Waals surface area contributed by atoms with Crippen molar-refractivity contribution in [2.75, 3.05) is 18.5 Å². The van der Waals surface area contributed by atoms with Crippen LogP contribution in [0, 0.1) is 5.92 Å². The van der Waals surface area contributed by atoms with Crippen LogP contribution in [0.1, 0.15) is 20.3 Å². The quantitative estimate of drug-likeness (QED) is 0.791. The average molecular weight is 368 g/mol. The van der Waals surface area contributed by atoms with E-state index in [9.17, 15) is 14.4 Å². The molecular weight excluding hydrogens is 348 g/mol. The van der Waals surface area contributed by atoms with Crippen LogP contribution in [-0.4, -0.2) is 36.8 Å². The number of hydrogen-bond acceptors (Lipinski definition) is 6. The van der Waals surface area contributed by atoms with E-state index in [1.54, 1.807) is 26.0 Å². The zero-order chi connectivity index (χ0) is 19.4. The van der Waals surface area contributed by atoms with E-state index in [1.165, 1.54) is 0 Å². The Bertz CT molecular complexity index is 930. The smallest absolute Gasteiger partial charge is 0.315 e. The van der Waals surface area contributed by atoms with Crippen LogP contribution in [0.15, 0.2) is 41.4 Å². The number of carbonyl (C=O) groups excluding carboxylic acids is 3. The molecule has 0 aromatic heterocycles. The summed E-state index contributed by atoms with van der Waals surface area (Å²) in [6.45, 7) is 3.63. The molecule has 0 fully saturated rings. The first-order valence-electron chi connectivity index (χ1n) is 8.79. The molecule has 0 saturated carbocycles. The summed E-state index contributed by atoms with van der Waals surface area (Å²) in [4.78, 5) is 41.7. The summed E-state index contributed by atoms with van der Waals surface area (Å²) in [5.74, 6) is -2.96. The van der Waals surface area contributed by atoms with E-state index in [-0.39, 0.29) is 25.3 Å². The van der Waals surface area contributed by atoms with Crippen LogP contribution >= 0.6 is 0 Å². The molecule has 0 radical (unpaired) electrons. The molecule has 0 aliphatic carbocycles. The fourth-order valence-corrected chi connectivity index (χ4v) is 3.04. The third kappa shape index (κ3) is 3.81. The van der Waals surface area contributed by atoms with Gasteiger partial charge in [0.05, 0.1) is 31.0 Å². The van der Waals surface area contributed by atoms with Gasteiger partial charge in [0.25, 0.3) is 5.91 Å². The molecule has 1 amide bonds. The van der Waals surface area contributed by atoms with E-state index in [2.05, 4.69) is 10.3 Å². The van der Waals surface area contributed by atoms with Gasteiger partial charge in [0, 0.05) is 5.39 Å². The Morgan fingerprint density at radius 2 is 1.78 bits per heavy atom. The first-order valence-corrected chi connectivity index (χ1v) is 8.79. The van der Waals surface area contributed by atoms with E-state index in [1.807, 2.05) is 24.3 Å². The van der Waals surface area contributed by atoms with Gasteiger partial charge in [-0.3, -0.25) is 14.4 Å². The SMILES string of the molecule is CCOC(=O)C[C@@H](C(=O)OCC)C1=Nc2cccc3cccc(c23)NC1=O. The first-order chi connectivity index (χ1) is 13.0. The van der Waals surface area contributed by atoms with Crippen molar-refractivity contribution in [3.05, 3.63) is 36.4 Å². The molecule has 1 N–H and O–H groups in total. The summed E-state index contributed by atoms with van der Waals surface area (Å²) in [6.07, 6.45) is -0.314. The van der Waals surface area contributed by atoms with Crippen LogP contribution in [0.4, 0.5) is 11.4 Å². The van der Waals surface area contributed by atoms with E-state index < -0.39 is 23.8 Å². The highest BCUT2D eigenvalue weighted by Crippen LogP contribution is 2.35. The van der Waals surface area contributed by atoms with Crippen molar-refractivity contribution in [2.24, 2.45) is 10.9 Å². The van der Waals surface area contributed by atoms with Crippen LogP contribution in [0.2, 0.25) is 0 Å². The lowest BCUT2D eigenvalue weighted by Crippen LogP contribution is -2.36. The summed E-state index contributed by atoms with van der Waals surface area (Å²) < 4.78 is 10.0. The van der Waals surface area contributed by atoms with E-state index in [0.717, 1.165) is 10.8 Å². The molecular formula is C20H20N2O5. The van der Waals surface area contributed by atoms with Gasteiger partial charge >= 0.3 is 11.9 Å². The summed E-state index contributed by atoms with van der Waals surface area (Å²) in [6, 6.07) is 11.0. The molecule has 1 atom stereocenters. The third-order valence-electron chi connectivity index (χ3n) is 4.18. The van der Waals surface area contributed by atoms with Crippen molar-refractivity contribution in [1.29, 1.82) is 0 Å². The lowest BCUT2D eigenvalue weighted by molar-refractivity contribution is -0.152. The number of nitrogens with zero attached hydrogens (tertiary/aromatic N) is 1. The standard InChI is InChI=1S/C20H20N2O5/c1-3-26-16(23)11-13(20(25)27-4-2)18-19(24)22-15-10-6-8-12-7-5-9-14(21-18)17(12)15/h5-10,13H,3-4,11H2,1-2H3,(H,22,24)/t13-/m1/s1. The normalized spacial score (nSPS) is 14.0. The largest absolute Gasteiger partial charge is 0.466 e. The Kier molecular flexibility index (Phi) is 5.49. The monoisotopic (exact) mass is 368 g/mol. The Labute approximate surface area is 156 Å². The van der Waals surface area contributed by atoms with Gasteiger partial charge in [-0.05, 0) is 31.4 Å². The van der Waals surface area contributed by atoms with Gasteiger partial charge in [0.15, 0.2) is 0 Å². The van der Waals surface area contributed by atoms with Gasteiger partial charge in [-0.2, -0.15) is 0 Å². The molecule has 0 saturated heterocycles. The van der Waals surface area contributed by atoms with Gasteiger partial charge in [0.2, 0.25) is 0 Å². The highest BCUT2D eigenvalue weighted by Gasteiger charge is 2.35. The minimum atomic E-state index is -1.14. The molecule has 2 aromatic carbocycles. The topological polar surface area (TPSA) is 94.1 Å². The zero-order valence-corrected chi connectivity index (χ0v) is 15.2. The van der Waals surface area contributed by atoms with Gasteiger partial charge in [0.1, 0.15) is 11.6 Å². The molecule has 7 heteroatoms. The molecule has 1 aliphatic rings. The summed E-state index contributed by atoms with van der Waals surface area (Å²) in [5, 5.41) is 4.48. The number of benzene rings is 2. The second-order valence-corrected chi connectivity index (χ2v) is 5.95. The highest BCUT2D eigenvalue weighted by molar-refractivity contribution is 6.48. The number of amides is 1. The summed E-state index contributed by atoms with van der Waals surface area (Å²) in [5.41, 5.74) is 1.09. The maximum Gasteiger partial charge on any atom is 0.315 e. The van der Waals surface area contributed by atoms with Gasteiger partial charge in [-0.15, -0.1) is 0 Å². The molecule has 1 heterocycles. The minimum absolute atomic E-state index is 0.0646. The molecule has 140 valence electrons. The van der Waals surface area contributed by atoms with Crippen molar-refractivity contribution in [2.45, 2.75) is 20.3 Å². The van der Waals surface area contributed by atoms with E-state index in [4.69, 9.17) is 9.47 Å². The Morgan fingerprint density at radius 3 is 2.48 bits per heavy atom. The molecule has 0 spiro atoms. The van der Waals surface area contributed by atoms with Gasteiger partial charge in [-0.1, -0.05) is 24.3 Å². The first kappa shape index (κ1) is 18.6. The molecule has 2 aromatic rings. The van der Waals surface area contributed by atoms with E-state index >= 15 is 0 Å². The Morgan fingerprint density at radius 1 is 1.07 bits per heavy atom. The van der Waals surface area contributed by atoms with Crippen molar-refractivity contribution in [3.8, 4) is 0 Å². The number of nitrogens with one attached hydrogen (secondary N) is 1. The van der Waals surface area contributed by atoms with Crippen molar-refractivity contribution in [1.82, 2.24) is 0 Å². The highest BCUT2D eigenvalue weighted by atomic mass is 16.5. The second kappa shape index (κ2) is 7.99. The van der Waals surface area contributed by atoms with Crippen LogP contribution < -0.4 is 5.32 Å². The summed E-state index contributed by atoms with van der Waals surface area (Å²) >= 11 is 0. The fraction of sp³-hybridized carbons (Fsp3) is 0.300. The molecule has 27 heavy (non-hydrogen) atoms. The van der Waals surface area contributed by atoms with E-state index in [0.29, 0.717) is 11.4 Å².